The van der Waals surface area contributed by atoms with Crippen LogP contribution in [0.3, 0.4) is 0 Å². The van der Waals surface area contributed by atoms with Gasteiger partial charge >= 0.3 is 5.97 Å². The molecule has 2 heterocycles. The number of ether oxygens (including phenoxy) is 3. The van der Waals surface area contributed by atoms with Crippen molar-refractivity contribution in [2.75, 3.05) is 53.0 Å². The molecule has 0 spiro atoms. The number of carbonyl (C=O) groups excluding carboxylic acids is 2. The van der Waals surface area contributed by atoms with Crippen molar-refractivity contribution in [1.29, 1.82) is 0 Å². The first-order valence-corrected chi connectivity index (χ1v) is 20.8. The molecular weight excluding hydrogens is 784 g/mol. The molecule has 5 aromatic rings. The van der Waals surface area contributed by atoms with Crippen molar-refractivity contribution in [2.24, 2.45) is 11.8 Å². The molecule has 6 N–H and O–H groups in total. The van der Waals surface area contributed by atoms with Gasteiger partial charge < -0.3 is 50.0 Å². The summed E-state index contributed by atoms with van der Waals surface area (Å²) in [6.07, 6.45) is 3.88. The molecule has 2 aliphatic rings. The summed E-state index contributed by atoms with van der Waals surface area (Å²) in [6, 6.07) is 23.7. The SMILES string of the molecule is COc1cc(C(=O)NCCCOc2cccc([C@](O)(C(=O)OCC3CCN(CC4CC4)CC3)c3ccccc3)c2)c(F)cc1CNC[C@H](O)c1ccc(O)c2[nH]c(=O)ccc12. The minimum Gasteiger partial charge on any atom is -0.506 e. The number of halogens is 1. The van der Waals surface area contributed by atoms with Gasteiger partial charge in [0.15, 0.2) is 0 Å². The molecule has 1 aliphatic carbocycles. The molecule has 1 saturated carbocycles. The van der Waals surface area contributed by atoms with Gasteiger partial charge in [-0.15, -0.1) is 0 Å². The normalized spacial score (nSPS) is 16.1. The molecule has 2 fully saturated rings. The van der Waals surface area contributed by atoms with Crippen molar-refractivity contribution in [2.45, 2.75) is 50.4 Å². The molecule has 7 rings (SSSR count). The van der Waals surface area contributed by atoms with Crippen LogP contribution in [0.4, 0.5) is 4.39 Å². The molecule has 322 valence electrons. The number of benzene rings is 4. The lowest BCUT2D eigenvalue weighted by molar-refractivity contribution is -0.164. The number of aromatic nitrogens is 1. The number of aromatic hydroxyl groups is 1. The first-order chi connectivity index (χ1) is 29.5. The highest BCUT2D eigenvalue weighted by molar-refractivity contribution is 5.95. The van der Waals surface area contributed by atoms with Gasteiger partial charge in [-0.25, -0.2) is 9.18 Å². The molecule has 2 atom stereocenters. The molecule has 1 amide bonds. The summed E-state index contributed by atoms with van der Waals surface area (Å²) >= 11 is 0. The number of methoxy groups -OCH3 is 1. The summed E-state index contributed by atoms with van der Waals surface area (Å²) in [6.45, 7) is 3.88. The van der Waals surface area contributed by atoms with Crippen LogP contribution in [-0.4, -0.2) is 90.1 Å². The van der Waals surface area contributed by atoms with Crippen molar-refractivity contribution in [1.82, 2.24) is 20.5 Å². The predicted molar refractivity (Wildman–Crippen MR) is 227 cm³/mol. The third-order valence-electron chi connectivity index (χ3n) is 11.5. The van der Waals surface area contributed by atoms with E-state index >= 15 is 4.39 Å². The topological polar surface area (TPSA) is 183 Å². The zero-order chi connectivity index (χ0) is 42.9. The van der Waals surface area contributed by atoms with Crippen molar-refractivity contribution < 1.29 is 43.5 Å². The summed E-state index contributed by atoms with van der Waals surface area (Å²) < 4.78 is 32.6. The van der Waals surface area contributed by atoms with E-state index in [1.54, 1.807) is 54.6 Å². The van der Waals surface area contributed by atoms with Gasteiger partial charge in [0.25, 0.3) is 5.91 Å². The molecular formula is C47H53FN4O9. The lowest BCUT2D eigenvalue weighted by Gasteiger charge is -2.33. The van der Waals surface area contributed by atoms with E-state index in [1.165, 1.54) is 50.3 Å². The number of esters is 1. The smallest absolute Gasteiger partial charge is 0.347 e. The summed E-state index contributed by atoms with van der Waals surface area (Å²) in [5, 5.41) is 39.4. The van der Waals surface area contributed by atoms with Crippen molar-refractivity contribution >= 4 is 22.8 Å². The molecule has 1 saturated heterocycles. The monoisotopic (exact) mass is 836 g/mol. The fourth-order valence-electron chi connectivity index (χ4n) is 7.85. The number of amides is 1. The van der Waals surface area contributed by atoms with Crippen LogP contribution in [0.5, 0.6) is 17.2 Å². The standard InChI is InChI=1S/C47H53FN4O9/c1-59-42-25-38(39(48)23-32(42)26-49-27-41(54)36-13-15-40(53)44-37(36)14-16-43(55)51-44)45(56)50-19-6-22-60-35-10-5-9-34(24-35)47(58,33-7-3-2-4-8-33)46(57)61-29-31-17-20-52(21-18-31)28-30-11-12-30/h2-5,7-10,13-16,23-25,30-31,41,49,53-54,58H,6,11-12,17-22,26-29H2,1H3,(H,50,56)(H,51,55)/t41-,47-/m0/s1. The van der Waals surface area contributed by atoms with Crippen LogP contribution in [-0.2, 0) is 21.7 Å². The minimum atomic E-state index is -2.06. The number of aliphatic hydroxyl groups excluding tert-OH is 1. The van der Waals surface area contributed by atoms with Crippen LogP contribution in [0.1, 0.15) is 70.8 Å². The van der Waals surface area contributed by atoms with Gasteiger partial charge in [-0.2, -0.15) is 0 Å². The third-order valence-corrected chi connectivity index (χ3v) is 11.5. The number of aromatic amines is 1. The highest BCUT2D eigenvalue weighted by Gasteiger charge is 2.42. The maximum Gasteiger partial charge on any atom is 0.347 e. The molecule has 1 aliphatic heterocycles. The van der Waals surface area contributed by atoms with Crippen molar-refractivity contribution in [3.63, 3.8) is 0 Å². The van der Waals surface area contributed by atoms with E-state index in [9.17, 15) is 29.7 Å². The number of nitrogens with one attached hydrogen (secondary N) is 3. The average Bonchev–Trinajstić information content (AvgIpc) is 4.10. The van der Waals surface area contributed by atoms with E-state index < -0.39 is 29.4 Å². The molecule has 0 unspecified atom stereocenters. The highest BCUT2D eigenvalue weighted by atomic mass is 19.1. The minimum absolute atomic E-state index is 0.0541. The van der Waals surface area contributed by atoms with Gasteiger partial charge in [0.1, 0.15) is 23.1 Å². The highest BCUT2D eigenvalue weighted by Crippen LogP contribution is 2.35. The van der Waals surface area contributed by atoms with Gasteiger partial charge in [0.05, 0.1) is 37.5 Å². The Morgan fingerprint density at radius 2 is 1.72 bits per heavy atom. The van der Waals surface area contributed by atoms with E-state index in [2.05, 4.69) is 20.5 Å². The lowest BCUT2D eigenvalue weighted by Crippen LogP contribution is -2.41. The molecule has 13 nitrogen and oxygen atoms in total. The average molecular weight is 837 g/mol. The molecule has 0 radical (unpaired) electrons. The first-order valence-electron chi connectivity index (χ1n) is 20.8. The van der Waals surface area contributed by atoms with Gasteiger partial charge in [0, 0.05) is 48.8 Å². The molecule has 1 aromatic heterocycles. The fourth-order valence-corrected chi connectivity index (χ4v) is 7.85. The number of phenols is 1. The number of rotatable bonds is 19. The van der Waals surface area contributed by atoms with E-state index in [-0.39, 0.29) is 66.9 Å². The first kappa shape index (κ1) is 43.3. The number of hydrogen-bond donors (Lipinski definition) is 6. The second-order valence-electron chi connectivity index (χ2n) is 15.9. The maximum atomic E-state index is 15.3. The number of carbonyl (C=O) groups is 2. The molecule has 61 heavy (non-hydrogen) atoms. The van der Waals surface area contributed by atoms with E-state index in [0.717, 1.165) is 38.4 Å². The quantitative estimate of drug-likeness (QED) is 0.0469. The van der Waals surface area contributed by atoms with E-state index in [4.69, 9.17) is 14.2 Å². The van der Waals surface area contributed by atoms with Crippen LogP contribution < -0.4 is 25.7 Å². The van der Waals surface area contributed by atoms with Gasteiger partial charge in [-0.3, -0.25) is 9.59 Å². The van der Waals surface area contributed by atoms with Crippen LogP contribution in [0.25, 0.3) is 10.9 Å². The molecule has 4 aromatic carbocycles. The van der Waals surface area contributed by atoms with Crippen LogP contribution in [0, 0.1) is 17.7 Å². The number of pyridine rings is 1. The zero-order valence-corrected chi connectivity index (χ0v) is 34.2. The third kappa shape index (κ3) is 10.6. The van der Waals surface area contributed by atoms with Gasteiger partial charge in [0.2, 0.25) is 11.2 Å². The molecule has 0 bridgehead atoms. The number of fused-ring (bicyclic) bond motifs is 1. The van der Waals surface area contributed by atoms with Crippen LogP contribution >= 0.6 is 0 Å². The summed E-state index contributed by atoms with van der Waals surface area (Å²) in [5.41, 5.74) is -0.854. The number of H-pyrrole nitrogens is 1. The van der Waals surface area contributed by atoms with Gasteiger partial charge in [-0.1, -0.05) is 48.5 Å². The van der Waals surface area contributed by atoms with Crippen molar-refractivity contribution in [3.05, 3.63) is 135 Å². The van der Waals surface area contributed by atoms with Crippen molar-refractivity contribution in [3.8, 4) is 17.2 Å². The zero-order valence-electron chi connectivity index (χ0n) is 34.2. The van der Waals surface area contributed by atoms with E-state index in [0.29, 0.717) is 39.8 Å². The second-order valence-corrected chi connectivity index (χ2v) is 15.9. The van der Waals surface area contributed by atoms with Gasteiger partial charge in [-0.05, 0) is 105 Å². The lowest BCUT2D eigenvalue weighted by atomic mass is 9.86. The Morgan fingerprint density at radius 3 is 2.48 bits per heavy atom. The fraction of sp³-hybridized carbons (Fsp3) is 0.383. The van der Waals surface area contributed by atoms with E-state index in [1.807, 2.05) is 6.07 Å². The predicted octanol–water partition coefficient (Wildman–Crippen LogP) is 5.30. The maximum absolute atomic E-state index is 15.3. The number of nitrogens with zero attached hydrogens (tertiary/aromatic N) is 1. The van der Waals surface area contributed by atoms with Crippen LogP contribution in [0.2, 0.25) is 0 Å². The Labute approximate surface area is 353 Å². The summed E-state index contributed by atoms with van der Waals surface area (Å²) in [5.74, 6) is -0.501. The molecule has 14 heteroatoms. The number of piperidine rings is 1. The Balaban J connectivity index is 0.898. The summed E-state index contributed by atoms with van der Waals surface area (Å²) in [4.78, 5) is 43.6. The summed E-state index contributed by atoms with van der Waals surface area (Å²) in [7, 11) is 1.41. The Morgan fingerprint density at radius 1 is 0.951 bits per heavy atom. The van der Waals surface area contributed by atoms with Crippen LogP contribution in [0.15, 0.2) is 95.8 Å². The number of aliphatic hydroxyl groups is 2. The Hall–Kier alpha value is -5.80. The second kappa shape index (κ2) is 19.7. The number of hydrogen-bond acceptors (Lipinski definition) is 11. The largest absolute Gasteiger partial charge is 0.506 e. The number of likely N-dealkylation sites (tertiary alicyclic amines) is 1. The Bertz CT molecular complexity index is 2360. The number of phenolic OH excluding ortho intramolecular Hbond substituents is 1. The Kier molecular flexibility index (Phi) is 14.0.